The Morgan fingerprint density at radius 1 is 1.32 bits per heavy atom. The van der Waals surface area contributed by atoms with Crippen molar-refractivity contribution in [2.75, 3.05) is 13.2 Å². The summed E-state index contributed by atoms with van der Waals surface area (Å²) >= 11 is 4.46. The number of carbonyl (C=O) groups is 3. The molecule has 6 N–H and O–H groups in total. The molecule has 0 saturated carbocycles. The molecular formula is C12H21N2O9PS. The van der Waals surface area contributed by atoms with Gasteiger partial charge in [-0.25, -0.2) is 9.36 Å². The normalized spacial score (nSPS) is 14.3. The van der Waals surface area contributed by atoms with Crippen LogP contribution < -0.4 is 10.6 Å². The number of nitrogens with one attached hydrogen (secondary N) is 2. The maximum Gasteiger partial charge on any atom is 0.469 e. The average Bonchev–Trinajstić information content (AvgIpc) is 2.48. The van der Waals surface area contributed by atoms with Gasteiger partial charge in [0, 0.05) is 23.7 Å². The van der Waals surface area contributed by atoms with Crippen LogP contribution >= 0.6 is 20.0 Å². The molecule has 0 aliphatic carbocycles. The maximum absolute atomic E-state index is 11.8. The third-order valence-corrected chi connectivity index (χ3v) is 3.70. The second-order valence-electron chi connectivity index (χ2n) is 5.72. The highest BCUT2D eigenvalue weighted by atomic mass is 32.1. The fourth-order valence-electron chi connectivity index (χ4n) is 1.48. The molecule has 2 amide bonds. The fourth-order valence-corrected chi connectivity index (χ4v) is 2.17. The quantitative estimate of drug-likeness (QED) is 0.177. The molecule has 144 valence electrons. The Morgan fingerprint density at radius 2 is 1.88 bits per heavy atom. The van der Waals surface area contributed by atoms with Crippen molar-refractivity contribution in [3.05, 3.63) is 0 Å². The van der Waals surface area contributed by atoms with E-state index in [0.717, 1.165) is 5.37 Å². The van der Waals surface area contributed by atoms with Crippen molar-refractivity contribution >= 4 is 43.2 Å². The van der Waals surface area contributed by atoms with Crippen LogP contribution in [-0.4, -0.2) is 68.4 Å². The molecule has 0 spiro atoms. The van der Waals surface area contributed by atoms with Gasteiger partial charge in [-0.05, 0) is 0 Å². The van der Waals surface area contributed by atoms with Crippen molar-refractivity contribution in [1.82, 2.24) is 10.6 Å². The van der Waals surface area contributed by atoms with Gasteiger partial charge in [-0.3, -0.25) is 14.1 Å². The first-order valence-electron chi connectivity index (χ1n) is 6.93. The predicted molar refractivity (Wildman–Crippen MR) is 88.6 cm³/mol. The lowest BCUT2D eigenvalue weighted by atomic mass is 9.87. The van der Waals surface area contributed by atoms with Crippen LogP contribution in [0.25, 0.3) is 0 Å². The van der Waals surface area contributed by atoms with Crippen molar-refractivity contribution in [2.45, 2.75) is 32.4 Å². The van der Waals surface area contributed by atoms with E-state index in [0.29, 0.717) is 0 Å². The number of aliphatic hydroxyl groups excluding tert-OH is 1. The van der Waals surface area contributed by atoms with Crippen LogP contribution in [0.4, 0.5) is 0 Å². The number of aliphatic hydroxyl groups is 1. The largest absolute Gasteiger partial charge is 0.479 e. The molecule has 11 nitrogen and oxygen atoms in total. The van der Waals surface area contributed by atoms with E-state index in [1.54, 1.807) is 0 Å². The van der Waals surface area contributed by atoms with Crippen molar-refractivity contribution in [3.63, 3.8) is 0 Å². The Kier molecular flexibility index (Phi) is 9.33. The van der Waals surface area contributed by atoms with Gasteiger partial charge in [0.2, 0.25) is 11.8 Å². The van der Waals surface area contributed by atoms with E-state index in [1.807, 2.05) is 0 Å². The van der Waals surface area contributed by atoms with Crippen molar-refractivity contribution < 1.29 is 43.5 Å². The molecule has 0 aromatic carbocycles. The standard InChI is InChI=1S/C12H21N2O9PS/c1-12(2,6-23-24(20,21)22)9(16)10(17)13-4-3-8(15)14-7(5-25)11(18)19/h5,7,9,16H,3-4,6H2,1-2H3,(H,13,17)(H,14,15)(H,18,19)(H2,20,21,22)/t7-,9-/m0/s1. The Bertz CT molecular complexity index is 563. The molecular weight excluding hydrogens is 379 g/mol. The number of hydrogen-bond acceptors (Lipinski definition) is 7. The number of rotatable bonds is 11. The lowest BCUT2D eigenvalue weighted by Crippen LogP contribution is -2.47. The van der Waals surface area contributed by atoms with Gasteiger partial charge >= 0.3 is 13.8 Å². The lowest BCUT2D eigenvalue weighted by molar-refractivity contribution is -0.140. The summed E-state index contributed by atoms with van der Waals surface area (Å²) in [5.74, 6) is -2.88. The molecule has 0 unspecified atom stereocenters. The summed E-state index contributed by atoms with van der Waals surface area (Å²) in [6.07, 6.45) is -1.92. The summed E-state index contributed by atoms with van der Waals surface area (Å²) < 4.78 is 15.0. The first kappa shape index (κ1) is 23.6. The molecule has 0 bridgehead atoms. The van der Waals surface area contributed by atoms with Crippen molar-refractivity contribution in [1.29, 1.82) is 0 Å². The number of carboxylic acid groups (broad SMARTS) is 1. The maximum atomic E-state index is 11.8. The fraction of sp³-hybridized carbons (Fsp3) is 0.667. The van der Waals surface area contributed by atoms with Crippen LogP contribution in [0, 0.1) is 5.41 Å². The van der Waals surface area contributed by atoms with E-state index >= 15 is 0 Å². The summed E-state index contributed by atoms with van der Waals surface area (Å²) in [7, 11) is -4.75. The number of carboxylic acids is 1. The Morgan fingerprint density at radius 3 is 2.32 bits per heavy atom. The number of thiocarbonyl (C=S) groups is 1. The van der Waals surface area contributed by atoms with E-state index < -0.39 is 49.8 Å². The van der Waals surface area contributed by atoms with Gasteiger partial charge in [0.05, 0.1) is 6.61 Å². The summed E-state index contributed by atoms with van der Waals surface area (Å²) in [6.45, 7) is 1.94. The third kappa shape index (κ3) is 9.58. The molecule has 0 fully saturated rings. The first-order valence-corrected chi connectivity index (χ1v) is 8.93. The minimum atomic E-state index is -4.75. The predicted octanol–water partition coefficient (Wildman–Crippen LogP) is -1.44. The minimum Gasteiger partial charge on any atom is -0.479 e. The van der Waals surface area contributed by atoms with E-state index in [-0.39, 0.29) is 13.0 Å². The van der Waals surface area contributed by atoms with Crippen LogP contribution in [-0.2, 0) is 23.5 Å². The molecule has 0 aromatic rings. The molecule has 0 rings (SSSR count). The number of carbonyl (C=O) groups excluding carboxylic acids is 2. The highest BCUT2D eigenvalue weighted by Gasteiger charge is 2.35. The first-order chi connectivity index (χ1) is 11.3. The third-order valence-electron chi connectivity index (χ3n) is 2.96. The SMILES string of the molecule is CC(C)(COP(=O)(O)O)[C@@H](O)C(=O)NCCC(=O)N[C@@H](C=S)C(=O)O. The summed E-state index contributed by atoms with van der Waals surface area (Å²) in [5, 5.41) is 23.9. The van der Waals surface area contributed by atoms with E-state index in [1.165, 1.54) is 13.8 Å². The number of phosphoric acid groups is 1. The second-order valence-corrected chi connectivity index (χ2v) is 7.23. The Hall–Kier alpha value is -1.43. The number of phosphoric ester groups is 1. The van der Waals surface area contributed by atoms with Gasteiger partial charge < -0.3 is 30.6 Å². The van der Waals surface area contributed by atoms with Gasteiger partial charge in [0.15, 0.2) is 6.04 Å². The molecule has 25 heavy (non-hydrogen) atoms. The molecule has 0 aliphatic heterocycles. The summed E-state index contributed by atoms with van der Waals surface area (Å²) in [4.78, 5) is 51.3. The molecule has 0 aliphatic rings. The van der Waals surface area contributed by atoms with Crippen LogP contribution in [0.3, 0.4) is 0 Å². The second kappa shape index (κ2) is 9.90. The number of amides is 2. The molecule has 0 heterocycles. The minimum absolute atomic E-state index is 0.194. The topological polar surface area (TPSA) is 182 Å². The zero-order chi connectivity index (χ0) is 19.8. The Balaban J connectivity index is 4.40. The molecule has 2 atom stereocenters. The number of aliphatic carboxylic acids is 1. The van der Waals surface area contributed by atoms with Crippen molar-refractivity contribution in [2.24, 2.45) is 5.41 Å². The van der Waals surface area contributed by atoms with Crippen LogP contribution in [0.2, 0.25) is 0 Å². The monoisotopic (exact) mass is 400 g/mol. The molecule has 0 radical (unpaired) electrons. The molecule has 13 heteroatoms. The van der Waals surface area contributed by atoms with Gasteiger partial charge in [0.25, 0.3) is 0 Å². The molecule has 0 aromatic heterocycles. The van der Waals surface area contributed by atoms with E-state index in [2.05, 4.69) is 27.4 Å². The highest BCUT2D eigenvalue weighted by molar-refractivity contribution is 7.79. The molecule has 0 saturated heterocycles. The zero-order valence-electron chi connectivity index (χ0n) is 13.5. The van der Waals surface area contributed by atoms with Crippen LogP contribution in [0.15, 0.2) is 0 Å². The van der Waals surface area contributed by atoms with Gasteiger partial charge in [0.1, 0.15) is 6.10 Å². The zero-order valence-corrected chi connectivity index (χ0v) is 15.2. The smallest absolute Gasteiger partial charge is 0.469 e. The van der Waals surface area contributed by atoms with E-state index in [9.17, 15) is 24.1 Å². The van der Waals surface area contributed by atoms with Crippen LogP contribution in [0.5, 0.6) is 0 Å². The van der Waals surface area contributed by atoms with E-state index in [4.69, 9.17) is 14.9 Å². The van der Waals surface area contributed by atoms with Gasteiger partial charge in [-0.2, -0.15) is 0 Å². The highest BCUT2D eigenvalue weighted by Crippen LogP contribution is 2.38. The Labute approximate surface area is 149 Å². The lowest BCUT2D eigenvalue weighted by Gasteiger charge is -2.29. The number of hydrogen-bond donors (Lipinski definition) is 6. The summed E-state index contributed by atoms with van der Waals surface area (Å²) in [5.41, 5.74) is -1.31. The average molecular weight is 400 g/mol. The summed E-state index contributed by atoms with van der Waals surface area (Å²) in [6, 6.07) is -1.33. The van der Waals surface area contributed by atoms with Crippen molar-refractivity contribution in [3.8, 4) is 0 Å². The van der Waals surface area contributed by atoms with Gasteiger partial charge in [-0.15, -0.1) is 0 Å². The van der Waals surface area contributed by atoms with Crippen LogP contribution in [0.1, 0.15) is 20.3 Å². The van der Waals surface area contributed by atoms with Gasteiger partial charge in [-0.1, -0.05) is 26.1 Å².